The number of methoxy groups -OCH3 is 1. The van der Waals surface area contributed by atoms with E-state index in [9.17, 15) is 0 Å². The van der Waals surface area contributed by atoms with Gasteiger partial charge in [-0.15, -0.1) is 0 Å². The van der Waals surface area contributed by atoms with E-state index < -0.39 is 0 Å². The molecule has 0 saturated heterocycles. The molecule has 100 valence electrons. The number of hydrogen-bond acceptors (Lipinski definition) is 6. The van der Waals surface area contributed by atoms with E-state index >= 15 is 0 Å². The number of halogens is 2. The van der Waals surface area contributed by atoms with Crippen LogP contribution in [0, 0.1) is 0 Å². The maximum atomic E-state index is 6.06. The summed E-state index contributed by atoms with van der Waals surface area (Å²) < 4.78 is 4.99. The minimum Gasteiger partial charge on any atom is -0.467 e. The molecule has 2 rings (SSSR count). The van der Waals surface area contributed by atoms with Crippen molar-refractivity contribution in [3.05, 3.63) is 28.2 Å². The fourth-order valence-corrected chi connectivity index (χ4v) is 1.78. The smallest absolute Gasteiger partial charge is 0.322 e. The summed E-state index contributed by atoms with van der Waals surface area (Å²) in [5, 5.41) is 6.82. The van der Waals surface area contributed by atoms with Crippen LogP contribution in [0.4, 0.5) is 17.6 Å². The summed E-state index contributed by atoms with van der Waals surface area (Å²) in [4.78, 5) is 12.2. The van der Waals surface area contributed by atoms with Crippen LogP contribution in [0.2, 0.25) is 10.0 Å². The molecule has 0 bridgehead atoms. The summed E-state index contributed by atoms with van der Waals surface area (Å²) in [6.45, 7) is 0. The van der Waals surface area contributed by atoms with Crippen molar-refractivity contribution in [1.82, 2.24) is 15.0 Å². The largest absolute Gasteiger partial charge is 0.467 e. The lowest BCUT2D eigenvalue weighted by Gasteiger charge is -2.09. The fourth-order valence-electron chi connectivity index (χ4n) is 1.33. The van der Waals surface area contributed by atoms with Gasteiger partial charge in [-0.25, -0.2) is 0 Å². The van der Waals surface area contributed by atoms with Gasteiger partial charge in [0.1, 0.15) is 0 Å². The van der Waals surface area contributed by atoms with Crippen LogP contribution < -0.4 is 15.4 Å². The summed E-state index contributed by atoms with van der Waals surface area (Å²) in [7, 11) is 3.18. The summed E-state index contributed by atoms with van der Waals surface area (Å²) in [5.41, 5.74) is 0.640. The second-order valence-corrected chi connectivity index (χ2v) is 4.31. The number of aromatic nitrogens is 3. The van der Waals surface area contributed by atoms with E-state index in [1.807, 2.05) is 0 Å². The van der Waals surface area contributed by atoms with Crippen molar-refractivity contribution < 1.29 is 4.74 Å². The molecule has 0 radical (unpaired) electrons. The van der Waals surface area contributed by atoms with Gasteiger partial charge in [-0.05, 0) is 18.2 Å². The number of nitrogens with one attached hydrogen (secondary N) is 2. The van der Waals surface area contributed by atoms with Crippen molar-refractivity contribution in [3.63, 3.8) is 0 Å². The number of nitrogens with zero attached hydrogens (tertiary/aromatic N) is 3. The molecule has 0 spiro atoms. The number of hydrogen-bond donors (Lipinski definition) is 2. The maximum Gasteiger partial charge on any atom is 0.322 e. The SMILES string of the molecule is CNc1nc(Nc2ccc(Cl)cc2Cl)nc(OC)n1. The van der Waals surface area contributed by atoms with Crippen molar-refractivity contribution in [2.45, 2.75) is 0 Å². The van der Waals surface area contributed by atoms with Crippen LogP contribution in [-0.2, 0) is 0 Å². The highest BCUT2D eigenvalue weighted by molar-refractivity contribution is 6.36. The molecule has 0 aliphatic carbocycles. The van der Waals surface area contributed by atoms with E-state index in [0.717, 1.165) is 0 Å². The zero-order chi connectivity index (χ0) is 13.8. The van der Waals surface area contributed by atoms with Crippen LogP contribution in [0.5, 0.6) is 6.01 Å². The number of anilines is 3. The van der Waals surface area contributed by atoms with Crippen LogP contribution >= 0.6 is 23.2 Å². The Morgan fingerprint density at radius 1 is 1.11 bits per heavy atom. The average molecular weight is 300 g/mol. The normalized spacial score (nSPS) is 10.1. The zero-order valence-corrected chi connectivity index (χ0v) is 11.7. The van der Waals surface area contributed by atoms with Crippen molar-refractivity contribution in [1.29, 1.82) is 0 Å². The molecule has 0 amide bonds. The molecule has 2 N–H and O–H groups in total. The van der Waals surface area contributed by atoms with Crippen molar-refractivity contribution in [2.75, 3.05) is 24.8 Å². The summed E-state index contributed by atoms with van der Waals surface area (Å²) >= 11 is 11.9. The Kier molecular flexibility index (Phi) is 4.24. The van der Waals surface area contributed by atoms with Crippen LogP contribution in [-0.4, -0.2) is 29.1 Å². The first-order valence-corrected chi connectivity index (χ1v) is 6.08. The minimum atomic E-state index is 0.201. The van der Waals surface area contributed by atoms with E-state index in [4.69, 9.17) is 27.9 Å². The molecule has 8 heteroatoms. The average Bonchev–Trinajstić information content (AvgIpc) is 2.41. The van der Waals surface area contributed by atoms with Gasteiger partial charge < -0.3 is 15.4 Å². The van der Waals surface area contributed by atoms with E-state index in [0.29, 0.717) is 27.6 Å². The molecule has 0 unspecified atom stereocenters. The van der Waals surface area contributed by atoms with Gasteiger partial charge in [0.25, 0.3) is 0 Å². The van der Waals surface area contributed by atoms with Gasteiger partial charge in [-0.3, -0.25) is 0 Å². The highest BCUT2D eigenvalue weighted by atomic mass is 35.5. The molecule has 0 atom stereocenters. The number of benzene rings is 1. The topological polar surface area (TPSA) is 72.0 Å². The van der Waals surface area contributed by atoms with Gasteiger partial charge in [0.2, 0.25) is 11.9 Å². The van der Waals surface area contributed by atoms with Gasteiger partial charge in [-0.2, -0.15) is 15.0 Å². The van der Waals surface area contributed by atoms with Gasteiger partial charge in [0.15, 0.2) is 0 Å². The van der Waals surface area contributed by atoms with E-state index in [2.05, 4.69) is 25.6 Å². The van der Waals surface area contributed by atoms with E-state index in [1.165, 1.54) is 7.11 Å². The Morgan fingerprint density at radius 2 is 1.84 bits per heavy atom. The van der Waals surface area contributed by atoms with E-state index in [-0.39, 0.29) is 6.01 Å². The maximum absolute atomic E-state index is 6.06. The van der Waals surface area contributed by atoms with Crippen LogP contribution in [0.25, 0.3) is 0 Å². The summed E-state index contributed by atoms with van der Waals surface area (Å²) in [6.07, 6.45) is 0. The van der Waals surface area contributed by atoms with Gasteiger partial charge in [-0.1, -0.05) is 23.2 Å². The number of rotatable bonds is 4. The Morgan fingerprint density at radius 3 is 2.47 bits per heavy atom. The summed E-state index contributed by atoms with van der Waals surface area (Å²) in [6, 6.07) is 5.28. The first-order valence-electron chi connectivity index (χ1n) is 5.32. The highest BCUT2D eigenvalue weighted by Gasteiger charge is 2.08. The van der Waals surface area contributed by atoms with Crippen molar-refractivity contribution >= 4 is 40.8 Å². The minimum absolute atomic E-state index is 0.201. The molecule has 0 aliphatic heterocycles. The lowest BCUT2D eigenvalue weighted by atomic mass is 10.3. The highest BCUT2D eigenvalue weighted by Crippen LogP contribution is 2.27. The molecule has 1 aromatic heterocycles. The lowest BCUT2D eigenvalue weighted by molar-refractivity contribution is 0.379. The molecular formula is C11H11Cl2N5O. The zero-order valence-electron chi connectivity index (χ0n) is 10.2. The van der Waals surface area contributed by atoms with Gasteiger partial charge in [0, 0.05) is 12.1 Å². The van der Waals surface area contributed by atoms with Gasteiger partial charge in [0.05, 0.1) is 17.8 Å². The molecular weight excluding hydrogens is 289 g/mol. The quantitative estimate of drug-likeness (QED) is 0.904. The van der Waals surface area contributed by atoms with Crippen molar-refractivity contribution in [3.8, 4) is 6.01 Å². The van der Waals surface area contributed by atoms with Crippen molar-refractivity contribution in [2.24, 2.45) is 0 Å². The van der Waals surface area contributed by atoms with E-state index in [1.54, 1.807) is 25.2 Å². The Labute approximate surface area is 120 Å². The molecule has 0 aliphatic rings. The molecule has 0 fully saturated rings. The second kappa shape index (κ2) is 5.90. The molecule has 0 saturated carbocycles. The lowest BCUT2D eigenvalue weighted by Crippen LogP contribution is -2.05. The Balaban J connectivity index is 2.31. The third-order valence-electron chi connectivity index (χ3n) is 2.20. The van der Waals surface area contributed by atoms with Crippen LogP contribution in [0.1, 0.15) is 0 Å². The second-order valence-electron chi connectivity index (χ2n) is 3.47. The summed E-state index contributed by atoms with van der Waals surface area (Å²) in [5.74, 6) is 0.708. The Bertz CT molecular complexity index is 571. The predicted octanol–water partition coefficient (Wildman–Crippen LogP) is 2.97. The molecule has 6 nitrogen and oxygen atoms in total. The molecule has 2 aromatic rings. The fraction of sp³-hybridized carbons (Fsp3) is 0.182. The van der Waals surface area contributed by atoms with Crippen LogP contribution in [0.3, 0.4) is 0 Å². The van der Waals surface area contributed by atoms with Gasteiger partial charge >= 0.3 is 6.01 Å². The van der Waals surface area contributed by atoms with Crippen LogP contribution in [0.15, 0.2) is 18.2 Å². The molecule has 19 heavy (non-hydrogen) atoms. The molecule has 1 heterocycles. The third kappa shape index (κ3) is 3.36. The standard InChI is InChI=1S/C11H11Cl2N5O/c1-14-9-16-10(18-11(17-9)19-2)15-8-4-3-6(12)5-7(8)13/h3-5H,1-2H3,(H2,14,15,16,17,18). The first kappa shape index (κ1) is 13.6. The monoisotopic (exact) mass is 299 g/mol. The number of ether oxygens (including phenoxy) is 1. The first-order chi connectivity index (χ1) is 9.12. The third-order valence-corrected chi connectivity index (χ3v) is 2.75. The molecule has 1 aromatic carbocycles. The predicted molar refractivity (Wildman–Crippen MR) is 75.7 cm³/mol. The Hall–Kier alpha value is -1.79.